The summed E-state index contributed by atoms with van der Waals surface area (Å²) in [6.45, 7) is 4.23. The van der Waals surface area contributed by atoms with Gasteiger partial charge in [0.1, 0.15) is 0 Å². The highest BCUT2D eigenvalue weighted by atomic mass is 16.2. The first-order valence-corrected chi connectivity index (χ1v) is 6.53. The van der Waals surface area contributed by atoms with Crippen LogP contribution in [0.15, 0.2) is 24.3 Å². The lowest BCUT2D eigenvalue weighted by Crippen LogP contribution is -2.47. The first kappa shape index (κ1) is 12.9. The van der Waals surface area contributed by atoms with Crippen molar-refractivity contribution in [2.75, 3.05) is 5.43 Å². The SMILES string of the molecule is CC1CCCC(C)N1C(=O)c1ccccc1NN. The van der Waals surface area contributed by atoms with Crippen LogP contribution in [0.2, 0.25) is 0 Å². The molecular weight excluding hydrogens is 226 g/mol. The molecule has 1 aromatic carbocycles. The van der Waals surface area contributed by atoms with Crippen molar-refractivity contribution in [1.29, 1.82) is 0 Å². The quantitative estimate of drug-likeness (QED) is 0.623. The fraction of sp³-hybridized carbons (Fsp3) is 0.500. The van der Waals surface area contributed by atoms with Gasteiger partial charge in [-0.1, -0.05) is 12.1 Å². The summed E-state index contributed by atoms with van der Waals surface area (Å²) < 4.78 is 0. The molecule has 1 saturated heterocycles. The molecule has 4 heteroatoms. The van der Waals surface area contributed by atoms with E-state index in [9.17, 15) is 4.79 Å². The summed E-state index contributed by atoms with van der Waals surface area (Å²) in [6.07, 6.45) is 3.35. The van der Waals surface area contributed by atoms with Gasteiger partial charge in [0.2, 0.25) is 0 Å². The van der Waals surface area contributed by atoms with E-state index in [-0.39, 0.29) is 5.91 Å². The summed E-state index contributed by atoms with van der Waals surface area (Å²) in [5, 5.41) is 0. The Kier molecular flexibility index (Phi) is 3.87. The van der Waals surface area contributed by atoms with Crippen LogP contribution >= 0.6 is 0 Å². The average Bonchev–Trinajstić information content (AvgIpc) is 2.38. The molecule has 98 valence electrons. The summed E-state index contributed by atoms with van der Waals surface area (Å²) in [7, 11) is 0. The number of likely N-dealkylation sites (tertiary alicyclic amines) is 1. The Morgan fingerprint density at radius 3 is 2.50 bits per heavy atom. The van der Waals surface area contributed by atoms with Gasteiger partial charge in [0, 0.05) is 12.1 Å². The van der Waals surface area contributed by atoms with Gasteiger partial charge in [-0.25, -0.2) is 0 Å². The van der Waals surface area contributed by atoms with Crippen molar-refractivity contribution in [3.63, 3.8) is 0 Å². The van der Waals surface area contributed by atoms with Crippen LogP contribution in [0.25, 0.3) is 0 Å². The Labute approximate surface area is 108 Å². The monoisotopic (exact) mass is 247 g/mol. The standard InChI is InChI=1S/C14H21N3O/c1-10-6-5-7-11(2)17(10)14(18)12-8-3-4-9-13(12)16-15/h3-4,8-11,16H,5-7,15H2,1-2H3. The highest BCUT2D eigenvalue weighted by Crippen LogP contribution is 2.26. The summed E-state index contributed by atoms with van der Waals surface area (Å²) in [5.41, 5.74) is 3.94. The van der Waals surface area contributed by atoms with Crippen LogP contribution in [0.3, 0.4) is 0 Å². The normalized spacial score (nSPS) is 23.8. The Bertz CT molecular complexity index is 423. The number of para-hydroxylation sites is 1. The van der Waals surface area contributed by atoms with Crippen LogP contribution < -0.4 is 11.3 Å². The molecule has 0 saturated carbocycles. The zero-order valence-corrected chi connectivity index (χ0v) is 11.0. The number of nitrogens with two attached hydrogens (primary N) is 1. The molecule has 4 nitrogen and oxygen atoms in total. The first-order valence-electron chi connectivity index (χ1n) is 6.53. The number of benzene rings is 1. The molecule has 1 heterocycles. The molecular formula is C14H21N3O. The number of anilines is 1. The number of nitrogens with zero attached hydrogens (tertiary/aromatic N) is 1. The second kappa shape index (κ2) is 5.40. The van der Waals surface area contributed by atoms with Gasteiger partial charge in [0.05, 0.1) is 11.3 Å². The predicted molar refractivity (Wildman–Crippen MR) is 73.2 cm³/mol. The molecule has 1 aliphatic heterocycles. The van der Waals surface area contributed by atoms with Crippen molar-refractivity contribution < 1.29 is 4.79 Å². The maximum Gasteiger partial charge on any atom is 0.256 e. The van der Waals surface area contributed by atoms with Gasteiger partial charge >= 0.3 is 0 Å². The van der Waals surface area contributed by atoms with E-state index in [2.05, 4.69) is 19.3 Å². The Hall–Kier alpha value is -1.55. The second-order valence-electron chi connectivity index (χ2n) is 5.03. The molecule has 1 fully saturated rings. The highest BCUT2D eigenvalue weighted by Gasteiger charge is 2.30. The van der Waals surface area contributed by atoms with Crippen molar-refractivity contribution in [2.24, 2.45) is 5.84 Å². The number of carbonyl (C=O) groups excluding carboxylic acids is 1. The van der Waals surface area contributed by atoms with Crippen molar-refractivity contribution in [1.82, 2.24) is 4.90 Å². The summed E-state index contributed by atoms with van der Waals surface area (Å²) >= 11 is 0. The minimum absolute atomic E-state index is 0.0725. The van der Waals surface area contributed by atoms with Crippen LogP contribution in [0.4, 0.5) is 5.69 Å². The van der Waals surface area contributed by atoms with Crippen LogP contribution in [-0.4, -0.2) is 22.9 Å². The first-order chi connectivity index (χ1) is 8.65. The van der Waals surface area contributed by atoms with Crippen LogP contribution in [0.1, 0.15) is 43.5 Å². The lowest BCUT2D eigenvalue weighted by Gasteiger charge is -2.39. The maximum atomic E-state index is 12.6. The number of hydrazine groups is 1. The summed E-state index contributed by atoms with van der Waals surface area (Å²) in [6, 6.07) is 7.99. The molecule has 0 aromatic heterocycles. The van der Waals surface area contributed by atoms with Crippen LogP contribution in [-0.2, 0) is 0 Å². The van der Waals surface area contributed by atoms with Crippen molar-refractivity contribution in [2.45, 2.75) is 45.2 Å². The van der Waals surface area contributed by atoms with E-state index >= 15 is 0 Å². The number of carbonyl (C=O) groups is 1. The highest BCUT2D eigenvalue weighted by molar-refractivity contribution is 5.99. The Morgan fingerprint density at radius 1 is 1.28 bits per heavy atom. The van der Waals surface area contributed by atoms with E-state index < -0.39 is 0 Å². The molecule has 3 N–H and O–H groups in total. The molecule has 0 bridgehead atoms. The van der Waals surface area contributed by atoms with E-state index in [1.54, 1.807) is 0 Å². The third-order valence-corrected chi connectivity index (χ3v) is 3.74. The fourth-order valence-corrected chi connectivity index (χ4v) is 2.76. The minimum Gasteiger partial charge on any atom is -0.333 e. The van der Waals surface area contributed by atoms with E-state index in [0.29, 0.717) is 23.3 Å². The number of rotatable bonds is 2. The average molecular weight is 247 g/mol. The molecule has 2 rings (SSSR count). The number of nitrogen functional groups attached to an aromatic ring is 1. The van der Waals surface area contributed by atoms with E-state index in [0.717, 1.165) is 12.8 Å². The number of hydrogen-bond donors (Lipinski definition) is 2. The summed E-state index contributed by atoms with van der Waals surface area (Å²) in [4.78, 5) is 14.6. The van der Waals surface area contributed by atoms with Gasteiger partial charge in [-0.2, -0.15) is 0 Å². The maximum absolute atomic E-state index is 12.6. The van der Waals surface area contributed by atoms with Gasteiger partial charge in [-0.15, -0.1) is 0 Å². The van der Waals surface area contributed by atoms with Gasteiger partial charge in [-0.3, -0.25) is 10.6 Å². The molecule has 2 unspecified atom stereocenters. The molecule has 1 amide bonds. The molecule has 2 atom stereocenters. The lowest BCUT2D eigenvalue weighted by atomic mass is 9.96. The van der Waals surface area contributed by atoms with Crippen LogP contribution in [0, 0.1) is 0 Å². The van der Waals surface area contributed by atoms with Crippen LogP contribution in [0.5, 0.6) is 0 Å². The summed E-state index contributed by atoms with van der Waals surface area (Å²) in [5.74, 6) is 5.54. The predicted octanol–water partition coefficient (Wildman–Crippen LogP) is 2.38. The van der Waals surface area contributed by atoms with Gasteiger partial charge in [-0.05, 0) is 45.2 Å². The molecule has 1 aliphatic rings. The Balaban J connectivity index is 2.29. The minimum atomic E-state index is 0.0725. The van der Waals surface area contributed by atoms with Gasteiger partial charge in [0.15, 0.2) is 0 Å². The molecule has 1 aromatic rings. The number of hydrogen-bond acceptors (Lipinski definition) is 3. The van der Waals surface area contributed by atoms with Gasteiger partial charge in [0.25, 0.3) is 5.91 Å². The molecule has 0 aliphatic carbocycles. The topological polar surface area (TPSA) is 58.4 Å². The number of piperidine rings is 1. The number of amides is 1. The third-order valence-electron chi connectivity index (χ3n) is 3.74. The van der Waals surface area contributed by atoms with E-state index in [1.807, 2.05) is 29.2 Å². The largest absolute Gasteiger partial charge is 0.333 e. The fourth-order valence-electron chi connectivity index (χ4n) is 2.76. The number of nitrogens with one attached hydrogen (secondary N) is 1. The smallest absolute Gasteiger partial charge is 0.256 e. The molecule has 0 spiro atoms. The van der Waals surface area contributed by atoms with E-state index in [1.165, 1.54) is 6.42 Å². The van der Waals surface area contributed by atoms with E-state index in [4.69, 9.17) is 5.84 Å². The lowest BCUT2D eigenvalue weighted by molar-refractivity contribution is 0.0512. The van der Waals surface area contributed by atoms with Crippen molar-refractivity contribution >= 4 is 11.6 Å². The van der Waals surface area contributed by atoms with Gasteiger partial charge < -0.3 is 10.3 Å². The molecule has 0 radical (unpaired) electrons. The Morgan fingerprint density at radius 2 is 1.89 bits per heavy atom. The zero-order valence-electron chi connectivity index (χ0n) is 11.0. The zero-order chi connectivity index (χ0) is 13.1. The van der Waals surface area contributed by atoms with Crippen molar-refractivity contribution in [3.8, 4) is 0 Å². The third kappa shape index (κ3) is 2.34. The second-order valence-corrected chi connectivity index (χ2v) is 5.03. The van der Waals surface area contributed by atoms with Crippen molar-refractivity contribution in [3.05, 3.63) is 29.8 Å². The molecule has 18 heavy (non-hydrogen) atoms.